The SMILES string of the molecule is c1ccc(-c2ccc3c(c2)oc2ccc(N(c4ccc5sc6ccccc6c5c4)c4ccc(-c5ccccc5)c5oc6ccccc6c45)cc23)cc1. The van der Waals surface area contributed by atoms with E-state index in [1.54, 1.807) is 0 Å². The summed E-state index contributed by atoms with van der Waals surface area (Å²) in [6.07, 6.45) is 0. The molecule has 11 aromatic rings. The van der Waals surface area contributed by atoms with Crippen LogP contribution in [0.15, 0.2) is 185 Å². The molecule has 0 spiro atoms. The van der Waals surface area contributed by atoms with Crippen LogP contribution in [0.5, 0.6) is 0 Å². The van der Waals surface area contributed by atoms with E-state index in [4.69, 9.17) is 8.83 Å². The second-order valence-corrected chi connectivity index (χ2v) is 14.4. The fraction of sp³-hybridized carbons (Fsp3) is 0. The van der Waals surface area contributed by atoms with Gasteiger partial charge in [0.15, 0.2) is 0 Å². The van der Waals surface area contributed by atoms with Crippen LogP contribution in [0, 0.1) is 0 Å². The molecule has 0 unspecified atom stereocenters. The number of para-hydroxylation sites is 1. The highest BCUT2D eigenvalue weighted by Crippen LogP contribution is 2.48. The van der Waals surface area contributed by atoms with Crippen molar-refractivity contribution >= 4 is 92.4 Å². The topological polar surface area (TPSA) is 29.5 Å². The molecule has 52 heavy (non-hydrogen) atoms. The van der Waals surface area contributed by atoms with E-state index in [1.807, 2.05) is 23.5 Å². The molecule has 0 amide bonds. The predicted molar refractivity (Wildman–Crippen MR) is 219 cm³/mol. The second-order valence-electron chi connectivity index (χ2n) is 13.3. The fourth-order valence-corrected chi connectivity index (χ4v) is 8.92. The molecule has 0 saturated heterocycles. The van der Waals surface area contributed by atoms with Crippen molar-refractivity contribution in [2.24, 2.45) is 0 Å². The van der Waals surface area contributed by atoms with E-state index in [9.17, 15) is 0 Å². The maximum atomic E-state index is 6.74. The molecule has 0 bridgehead atoms. The van der Waals surface area contributed by atoms with Crippen LogP contribution in [0.4, 0.5) is 17.1 Å². The van der Waals surface area contributed by atoms with Crippen LogP contribution in [0.25, 0.3) is 86.3 Å². The van der Waals surface area contributed by atoms with Gasteiger partial charge in [0.05, 0.1) is 11.1 Å². The third kappa shape index (κ3) is 4.51. The van der Waals surface area contributed by atoms with Crippen molar-refractivity contribution in [3.05, 3.63) is 176 Å². The van der Waals surface area contributed by atoms with Gasteiger partial charge in [-0.05, 0) is 89.5 Å². The Morgan fingerprint density at radius 3 is 1.90 bits per heavy atom. The van der Waals surface area contributed by atoms with Gasteiger partial charge >= 0.3 is 0 Å². The molecule has 0 N–H and O–H groups in total. The van der Waals surface area contributed by atoms with Gasteiger partial charge in [0.1, 0.15) is 22.3 Å². The number of furan rings is 2. The van der Waals surface area contributed by atoms with Crippen molar-refractivity contribution in [3.63, 3.8) is 0 Å². The molecule has 0 aliphatic rings. The molecule has 11 rings (SSSR count). The summed E-state index contributed by atoms with van der Waals surface area (Å²) < 4.78 is 15.8. The first-order valence-electron chi connectivity index (χ1n) is 17.5. The van der Waals surface area contributed by atoms with Crippen molar-refractivity contribution in [2.45, 2.75) is 0 Å². The molecule has 0 radical (unpaired) electrons. The third-order valence-corrected chi connectivity index (χ3v) is 11.4. The first kappa shape index (κ1) is 29.1. The van der Waals surface area contributed by atoms with Crippen molar-refractivity contribution in [2.75, 3.05) is 4.90 Å². The smallest absolute Gasteiger partial charge is 0.145 e. The number of rotatable bonds is 5. The summed E-state index contributed by atoms with van der Waals surface area (Å²) in [5, 5.41) is 6.86. The number of thiophene rings is 1. The van der Waals surface area contributed by atoms with Gasteiger partial charge in [-0.3, -0.25) is 0 Å². The van der Waals surface area contributed by atoms with Crippen molar-refractivity contribution < 1.29 is 8.83 Å². The largest absolute Gasteiger partial charge is 0.456 e. The Labute approximate surface area is 303 Å². The van der Waals surface area contributed by atoms with E-state index in [2.05, 4.69) is 169 Å². The van der Waals surface area contributed by atoms with Gasteiger partial charge in [-0.1, -0.05) is 103 Å². The number of hydrogen-bond donors (Lipinski definition) is 0. The molecule has 4 heteroatoms. The summed E-state index contributed by atoms with van der Waals surface area (Å²) in [4.78, 5) is 2.39. The summed E-state index contributed by atoms with van der Waals surface area (Å²) in [7, 11) is 0. The van der Waals surface area contributed by atoms with E-state index in [1.165, 1.54) is 25.7 Å². The highest BCUT2D eigenvalue weighted by molar-refractivity contribution is 7.25. The summed E-state index contributed by atoms with van der Waals surface area (Å²) in [5.41, 5.74) is 11.2. The lowest BCUT2D eigenvalue weighted by molar-refractivity contribution is 0.669. The molecule has 0 saturated carbocycles. The Balaban J connectivity index is 1.18. The van der Waals surface area contributed by atoms with Crippen LogP contribution >= 0.6 is 11.3 Å². The molecule has 0 aliphatic heterocycles. The van der Waals surface area contributed by atoms with E-state index < -0.39 is 0 Å². The van der Waals surface area contributed by atoms with Crippen LogP contribution < -0.4 is 4.90 Å². The second kappa shape index (κ2) is 11.5. The zero-order chi connectivity index (χ0) is 34.2. The highest BCUT2D eigenvalue weighted by Gasteiger charge is 2.23. The summed E-state index contributed by atoms with van der Waals surface area (Å²) >= 11 is 1.84. The minimum Gasteiger partial charge on any atom is -0.456 e. The number of fused-ring (bicyclic) bond motifs is 9. The van der Waals surface area contributed by atoms with Gasteiger partial charge in [0, 0.05) is 53.3 Å². The summed E-state index contributed by atoms with van der Waals surface area (Å²) in [6.45, 7) is 0. The van der Waals surface area contributed by atoms with Crippen molar-refractivity contribution in [1.82, 2.24) is 0 Å². The van der Waals surface area contributed by atoms with E-state index in [-0.39, 0.29) is 0 Å². The van der Waals surface area contributed by atoms with Crippen molar-refractivity contribution in [3.8, 4) is 22.3 Å². The van der Waals surface area contributed by atoms with Gasteiger partial charge in [-0.15, -0.1) is 11.3 Å². The zero-order valence-electron chi connectivity index (χ0n) is 27.9. The number of anilines is 3. The maximum Gasteiger partial charge on any atom is 0.145 e. The lowest BCUT2D eigenvalue weighted by Gasteiger charge is -2.27. The van der Waals surface area contributed by atoms with E-state index in [0.29, 0.717) is 0 Å². The Kier molecular flexibility index (Phi) is 6.42. The first-order valence-corrected chi connectivity index (χ1v) is 18.3. The highest BCUT2D eigenvalue weighted by atomic mass is 32.1. The lowest BCUT2D eigenvalue weighted by Crippen LogP contribution is -2.10. The Morgan fingerprint density at radius 2 is 1.06 bits per heavy atom. The molecule has 0 fully saturated rings. The standard InChI is InChI=1S/C48H29NO2S/c1-3-11-30(12-4-1)32-19-22-36-39-28-33(20-25-43(39)50-44(36)27-32)49(34-21-26-46-40(29-34)37-15-8-10-18-45(37)52-46)41-24-23-35(31-13-5-2-6-14-31)48-47(41)38-16-7-9-17-42(38)51-48/h1-29H. The summed E-state index contributed by atoms with van der Waals surface area (Å²) in [5.74, 6) is 0. The molecule has 8 aromatic carbocycles. The van der Waals surface area contributed by atoms with Gasteiger partial charge in [-0.25, -0.2) is 0 Å². The van der Waals surface area contributed by atoms with Crippen LogP contribution in [0.3, 0.4) is 0 Å². The zero-order valence-corrected chi connectivity index (χ0v) is 28.7. The number of benzene rings is 8. The van der Waals surface area contributed by atoms with Gasteiger partial charge in [0.2, 0.25) is 0 Å². The lowest BCUT2D eigenvalue weighted by atomic mass is 9.99. The van der Waals surface area contributed by atoms with Gasteiger partial charge in [0.25, 0.3) is 0 Å². The van der Waals surface area contributed by atoms with E-state index in [0.717, 1.165) is 77.6 Å². The normalized spacial score (nSPS) is 11.8. The molecule has 244 valence electrons. The molecule has 0 atom stereocenters. The molecule has 3 aromatic heterocycles. The summed E-state index contributed by atoms with van der Waals surface area (Å²) in [6, 6.07) is 62.5. The Hall–Kier alpha value is -6.62. The molecule has 3 heterocycles. The molecular weight excluding hydrogens is 655 g/mol. The fourth-order valence-electron chi connectivity index (χ4n) is 7.84. The van der Waals surface area contributed by atoms with Crippen molar-refractivity contribution in [1.29, 1.82) is 0 Å². The van der Waals surface area contributed by atoms with Gasteiger partial charge in [-0.2, -0.15) is 0 Å². The van der Waals surface area contributed by atoms with Crippen LogP contribution in [0.2, 0.25) is 0 Å². The molecule has 0 aliphatic carbocycles. The maximum absolute atomic E-state index is 6.74. The predicted octanol–water partition coefficient (Wildman–Crippen LogP) is 14.7. The third-order valence-electron chi connectivity index (χ3n) is 10.3. The average Bonchev–Trinajstić information content (AvgIpc) is 3.90. The minimum atomic E-state index is 0.863. The molecule has 3 nitrogen and oxygen atoms in total. The minimum absolute atomic E-state index is 0.863. The molecular formula is C48H29NO2S. The van der Waals surface area contributed by atoms with E-state index >= 15 is 0 Å². The van der Waals surface area contributed by atoms with Crippen LogP contribution in [0.1, 0.15) is 0 Å². The number of nitrogens with zero attached hydrogens (tertiary/aromatic N) is 1. The monoisotopic (exact) mass is 683 g/mol. The number of hydrogen-bond acceptors (Lipinski definition) is 4. The Bertz CT molecular complexity index is 3130. The Morgan fingerprint density at radius 1 is 0.385 bits per heavy atom. The first-order chi connectivity index (χ1) is 25.8. The quantitative estimate of drug-likeness (QED) is 0.181. The average molecular weight is 684 g/mol. The van der Waals surface area contributed by atoms with Crippen LogP contribution in [-0.4, -0.2) is 0 Å². The van der Waals surface area contributed by atoms with Crippen LogP contribution in [-0.2, 0) is 0 Å². The van der Waals surface area contributed by atoms with Gasteiger partial charge < -0.3 is 13.7 Å².